The van der Waals surface area contributed by atoms with Gasteiger partial charge in [0.2, 0.25) is 0 Å². The third kappa shape index (κ3) is 3.45. The minimum absolute atomic E-state index is 0.465. The van der Waals surface area contributed by atoms with E-state index in [1.165, 1.54) is 0 Å². The van der Waals surface area contributed by atoms with Crippen molar-refractivity contribution in [3.63, 3.8) is 0 Å². The normalized spacial score (nSPS) is 23.1. The Balaban J connectivity index is 1.93. The van der Waals surface area contributed by atoms with Gasteiger partial charge in [0.25, 0.3) is 0 Å². The molecular weight excluding hydrogens is 303 g/mol. The molecule has 1 fully saturated rings. The molecule has 0 spiro atoms. The van der Waals surface area contributed by atoms with Gasteiger partial charge < -0.3 is 4.52 Å². The van der Waals surface area contributed by atoms with Crippen LogP contribution in [0, 0.1) is 0 Å². The summed E-state index contributed by atoms with van der Waals surface area (Å²) in [6, 6.07) is 8.18. The molecule has 2 atom stereocenters. The molecule has 0 N–H and O–H groups in total. The fraction of sp³-hybridized carbons (Fsp3) is 0.364. The van der Waals surface area contributed by atoms with Crippen molar-refractivity contribution in [3.05, 3.63) is 35.9 Å². The molecule has 1 aliphatic rings. The minimum atomic E-state index is -4.32. The topological polar surface area (TPSA) is 44.8 Å². The number of benzene rings is 1. The number of alkyl halides is 4. The number of hydrogen-bond donors (Lipinski definition) is 0. The van der Waals surface area contributed by atoms with E-state index in [1.807, 2.05) is 0 Å². The summed E-state index contributed by atoms with van der Waals surface area (Å²) in [6.07, 6.45) is -4.96. The van der Waals surface area contributed by atoms with E-state index in [4.69, 9.17) is 4.52 Å². The average Bonchev–Trinajstić information content (AvgIpc) is 2.79. The minimum Gasteiger partial charge on any atom is -0.392 e. The first-order chi connectivity index (χ1) is 9.40. The van der Waals surface area contributed by atoms with E-state index in [2.05, 4.69) is 9.05 Å². The van der Waals surface area contributed by atoms with Gasteiger partial charge in [-0.05, 0) is 5.56 Å². The van der Waals surface area contributed by atoms with Crippen LogP contribution in [0.15, 0.2) is 30.3 Å². The summed E-state index contributed by atoms with van der Waals surface area (Å²) in [5, 5.41) is 0. The summed E-state index contributed by atoms with van der Waals surface area (Å²) >= 11 is 0. The molecule has 20 heavy (non-hydrogen) atoms. The SMILES string of the molecule is O=C1OP(OCC(F)(F)C(F)F)OC1c1ccccc1. The van der Waals surface area contributed by atoms with Crippen molar-refractivity contribution >= 4 is 14.6 Å². The van der Waals surface area contributed by atoms with Gasteiger partial charge in [-0.2, -0.15) is 8.78 Å². The zero-order chi connectivity index (χ0) is 14.8. The predicted molar refractivity (Wildman–Crippen MR) is 60.2 cm³/mol. The Hall–Kier alpha value is -1.24. The third-order valence-corrected chi connectivity index (χ3v) is 3.41. The van der Waals surface area contributed by atoms with Crippen molar-refractivity contribution in [2.24, 2.45) is 0 Å². The Morgan fingerprint density at radius 3 is 2.55 bits per heavy atom. The maximum absolute atomic E-state index is 12.7. The molecule has 4 nitrogen and oxygen atoms in total. The van der Waals surface area contributed by atoms with Crippen LogP contribution in [-0.2, 0) is 18.4 Å². The first-order valence-electron chi connectivity index (χ1n) is 5.43. The van der Waals surface area contributed by atoms with Crippen LogP contribution in [0.1, 0.15) is 11.7 Å². The molecule has 0 amide bonds. The standard InChI is InChI=1S/C11H9F4O4P/c12-10(13)11(14,15)6-17-20-18-8(9(16)19-20)7-4-2-1-3-5-7/h1-5,8,10H,6H2. The Bertz CT molecular complexity index is 471. The lowest BCUT2D eigenvalue weighted by molar-refractivity contribution is -0.149. The summed E-state index contributed by atoms with van der Waals surface area (Å²) in [6.45, 7) is -1.58. The maximum Gasteiger partial charge on any atom is 0.400 e. The summed E-state index contributed by atoms with van der Waals surface area (Å²) in [5.74, 6) is -5.12. The van der Waals surface area contributed by atoms with Crippen LogP contribution in [0.4, 0.5) is 17.6 Å². The molecule has 1 aromatic carbocycles. The van der Waals surface area contributed by atoms with Crippen LogP contribution in [-0.4, -0.2) is 24.9 Å². The zero-order valence-corrected chi connectivity index (χ0v) is 10.7. The molecule has 1 aromatic rings. The van der Waals surface area contributed by atoms with Gasteiger partial charge in [-0.3, -0.25) is 9.05 Å². The lowest BCUT2D eigenvalue weighted by Gasteiger charge is -2.16. The van der Waals surface area contributed by atoms with Gasteiger partial charge in [0.1, 0.15) is 6.61 Å². The van der Waals surface area contributed by atoms with Crippen molar-refractivity contribution in [1.82, 2.24) is 0 Å². The largest absolute Gasteiger partial charge is 0.400 e. The second-order valence-corrected chi connectivity index (χ2v) is 4.96. The molecule has 0 aliphatic carbocycles. The Morgan fingerprint density at radius 1 is 1.30 bits per heavy atom. The van der Waals surface area contributed by atoms with E-state index in [9.17, 15) is 22.4 Å². The number of halogens is 4. The molecule has 1 heterocycles. The summed E-state index contributed by atoms with van der Waals surface area (Å²) in [4.78, 5) is 11.5. The molecular formula is C11H9F4O4P. The highest BCUT2D eigenvalue weighted by molar-refractivity contribution is 7.42. The van der Waals surface area contributed by atoms with Gasteiger partial charge in [-0.15, -0.1) is 0 Å². The molecule has 0 saturated carbocycles. The molecule has 1 aliphatic heterocycles. The lowest BCUT2D eigenvalue weighted by atomic mass is 10.1. The number of carbonyl (C=O) groups excluding carboxylic acids is 1. The van der Waals surface area contributed by atoms with Gasteiger partial charge in [0.15, 0.2) is 6.10 Å². The van der Waals surface area contributed by atoms with E-state index in [0.717, 1.165) is 0 Å². The first-order valence-corrected chi connectivity index (χ1v) is 6.52. The molecule has 2 rings (SSSR count). The zero-order valence-electron chi connectivity index (χ0n) is 9.84. The van der Waals surface area contributed by atoms with Crippen LogP contribution in [0.2, 0.25) is 0 Å². The Labute approximate surface area is 112 Å². The highest BCUT2D eigenvalue weighted by Crippen LogP contribution is 2.52. The molecule has 2 unspecified atom stereocenters. The Kier molecular flexibility index (Phi) is 4.57. The summed E-state index contributed by atoms with van der Waals surface area (Å²) in [7, 11) is -2.40. The summed E-state index contributed by atoms with van der Waals surface area (Å²) < 4.78 is 63.2. The maximum atomic E-state index is 12.7. The Morgan fingerprint density at radius 2 is 1.95 bits per heavy atom. The highest BCUT2D eigenvalue weighted by atomic mass is 31.2. The van der Waals surface area contributed by atoms with E-state index < -0.39 is 39.6 Å². The van der Waals surface area contributed by atoms with Crippen molar-refractivity contribution < 1.29 is 35.9 Å². The van der Waals surface area contributed by atoms with Crippen LogP contribution in [0.3, 0.4) is 0 Å². The van der Waals surface area contributed by atoms with Crippen molar-refractivity contribution in [2.45, 2.75) is 18.5 Å². The van der Waals surface area contributed by atoms with E-state index in [-0.39, 0.29) is 0 Å². The van der Waals surface area contributed by atoms with E-state index in [0.29, 0.717) is 5.56 Å². The predicted octanol–water partition coefficient (Wildman–Crippen LogP) is 3.45. The van der Waals surface area contributed by atoms with Crippen LogP contribution >= 0.6 is 8.60 Å². The van der Waals surface area contributed by atoms with Gasteiger partial charge in [0, 0.05) is 0 Å². The van der Waals surface area contributed by atoms with Crippen molar-refractivity contribution in [2.75, 3.05) is 6.61 Å². The monoisotopic (exact) mass is 312 g/mol. The highest BCUT2D eigenvalue weighted by Gasteiger charge is 2.45. The third-order valence-electron chi connectivity index (χ3n) is 2.35. The van der Waals surface area contributed by atoms with Gasteiger partial charge in [-0.1, -0.05) is 30.3 Å². The van der Waals surface area contributed by atoms with Gasteiger partial charge in [0.05, 0.1) is 0 Å². The van der Waals surface area contributed by atoms with E-state index in [1.54, 1.807) is 30.3 Å². The molecule has 1 saturated heterocycles. The smallest absolute Gasteiger partial charge is 0.392 e. The van der Waals surface area contributed by atoms with Gasteiger partial charge in [-0.25, -0.2) is 13.6 Å². The molecule has 0 aromatic heterocycles. The summed E-state index contributed by atoms with van der Waals surface area (Å²) in [5.41, 5.74) is 0.465. The number of hydrogen-bond acceptors (Lipinski definition) is 4. The second-order valence-electron chi connectivity index (χ2n) is 3.87. The van der Waals surface area contributed by atoms with Crippen LogP contribution in [0.5, 0.6) is 0 Å². The van der Waals surface area contributed by atoms with Crippen LogP contribution in [0.25, 0.3) is 0 Å². The fourth-order valence-electron chi connectivity index (χ4n) is 1.36. The molecule has 0 radical (unpaired) electrons. The van der Waals surface area contributed by atoms with Crippen LogP contribution < -0.4 is 0 Å². The number of carbonyl (C=O) groups is 1. The van der Waals surface area contributed by atoms with Crippen molar-refractivity contribution in [1.29, 1.82) is 0 Å². The molecule has 9 heteroatoms. The van der Waals surface area contributed by atoms with Gasteiger partial charge >= 0.3 is 26.9 Å². The second kappa shape index (κ2) is 6.03. The molecule has 0 bridgehead atoms. The first kappa shape index (κ1) is 15.2. The quantitative estimate of drug-likeness (QED) is 0.617. The lowest BCUT2D eigenvalue weighted by Crippen LogP contribution is -2.31. The molecule has 110 valence electrons. The van der Waals surface area contributed by atoms with E-state index >= 15 is 0 Å². The average molecular weight is 312 g/mol. The number of rotatable bonds is 5. The van der Waals surface area contributed by atoms with Crippen molar-refractivity contribution in [3.8, 4) is 0 Å². The fourth-order valence-corrected chi connectivity index (χ4v) is 2.41.